The molecule has 0 aliphatic carbocycles. The molecule has 0 aliphatic heterocycles. The Bertz CT molecular complexity index is 819. The number of hydrogen-bond donors (Lipinski definition) is 0. The Balaban J connectivity index is 0.00000208. The lowest BCUT2D eigenvalue weighted by atomic mass is 10.1. The predicted octanol–water partition coefficient (Wildman–Crippen LogP) is 0.825. The first-order valence-corrected chi connectivity index (χ1v) is 7.81. The third-order valence-corrected chi connectivity index (χ3v) is 3.93. The van der Waals surface area contributed by atoms with Crippen molar-refractivity contribution in [1.82, 2.24) is 4.98 Å². The quantitative estimate of drug-likeness (QED) is 0.435. The third-order valence-electron chi connectivity index (χ3n) is 3.40. The van der Waals surface area contributed by atoms with Gasteiger partial charge in [0.15, 0.2) is 12.2 Å². The maximum atomic E-state index is 12.9. The van der Waals surface area contributed by atoms with Crippen LogP contribution in [0.15, 0.2) is 71.6 Å². The van der Waals surface area contributed by atoms with Crippen LogP contribution in [0.1, 0.15) is 10.4 Å². The molecule has 6 heteroatoms. The Kier molecular flexibility index (Phi) is 6.34. The lowest BCUT2D eigenvalue weighted by Gasteiger charge is -2.01. The molecule has 0 spiro atoms. The maximum Gasteiger partial charge on any atom is 0.287 e. The molecule has 0 bridgehead atoms. The molecule has 3 nitrogen and oxygen atoms in total. The molecule has 0 saturated heterocycles. The molecule has 1 aromatic heterocycles. The summed E-state index contributed by atoms with van der Waals surface area (Å²) >= 11 is 3.35. The zero-order valence-electron chi connectivity index (χ0n) is 12.5. The number of aromatic nitrogens is 2. The summed E-state index contributed by atoms with van der Waals surface area (Å²) in [6.07, 6.45) is 3.40. The van der Waals surface area contributed by atoms with Gasteiger partial charge in [0, 0.05) is 21.7 Å². The highest BCUT2D eigenvalue weighted by Gasteiger charge is 2.11. The maximum absolute atomic E-state index is 12.9. The van der Waals surface area contributed by atoms with E-state index in [9.17, 15) is 9.18 Å². The monoisotopic (exact) mass is 450 g/mol. The number of benzene rings is 2. The fraction of sp³-hybridized carbons (Fsp3) is 0.0556. The summed E-state index contributed by atoms with van der Waals surface area (Å²) in [7, 11) is 0. The van der Waals surface area contributed by atoms with Crippen molar-refractivity contribution in [3.63, 3.8) is 0 Å². The molecule has 122 valence electrons. The van der Waals surface area contributed by atoms with E-state index in [0.29, 0.717) is 5.56 Å². The van der Waals surface area contributed by atoms with Crippen molar-refractivity contribution in [3.05, 3.63) is 83.0 Å². The Morgan fingerprint density at radius 2 is 1.71 bits per heavy atom. The minimum absolute atomic E-state index is 0. The molecule has 3 rings (SSSR count). The number of ketones is 1. The first-order valence-electron chi connectivity index (χ1n) is 7.01. The van der Waals surface area contributed by atoms with Crippen LogP contribution in [-0.4, -0.2) is 10.8 Å². The summed E-state index contributed by atoms with van der Waals surface area (Å²) in [4.78, 5) is 16.5. The van der Waals surface area contributed by atoms with Gasteiger partial charge in [-0.25, -0.2) is 8.96 Å². The average Bonchev–Trinajstić information content (AvgIpc) is 2.57. The smallest absolute Gasteiger partial charge is 0.287 e. The van der Waals surface area contributed by atoms with Crippen molar-refractivity contribution in [1.29, 1.82) is 0 Å². The highest BCUT2D eigenvalue weighted by molar-refractivity contribution is 9.10. The zero-order valence-corrected chi connectivity index (χ0v) is 15.7. The average molecular weight is 452 g/mol. The van der Waals surface area contributed by atoms with E-state index in [4.69, 9.17) is 0 Å². The summed E-state index contributed by atoms with van der Waals surface area (Å²) in [5.74, 6) is -0.265. The van der Waals surface area contributed by atoms with Crippen LogP contribution in [0.4, 0.5) is 4.39 Å². The molecule has 3 aromatic rings. The second-order valence-electron chi connectivity index (χ2n) is 5.05. The fourth-order valence-electron chi connectivity index (χ4n) is 2.16. The second kappa shape index (κ2) is 8.26. The minimum Gasteiger partial charge on any atom is -1.00 e. The summed E-state index contributed by atoms with van der Waals surface area (Å²) in [6.45, 7) is 0.221. The number of nitrogens with zero attached hydrogens (tertiary/aromatic N) is 2. The van der Waals surface area contributed by atoms with E-state index in [1.54, 1.807) is 41.4 Å². The Labute approximate surface area is 158 Å². The second-order valence-corrected chi connectivity index (χ2v) is 5.97. The molecule has 0 amide bonds. The van der Waals surface area contributed by atoms with E-state index in [0.717, 1.165) is 15.7 Å². The molecular formula is C18H13Br2FN2O. The summed E-state index contributed by atoms with van der Waals surface area (Å²) in [5.41, 5.74) is 2.22. The molecular weight excluding hydrogens is 439 g/mol. The molecule has 0 fully saturated rings. The number of carbonyl (C=O) groups excluding carboxylic acids is 1. The lowest BCUT2D eigenvalue weighted by molar-refractivity contribution is -0.686. The predicted molar refractivity (Wildman–Crippen MR) is 88.3 cm³/mol. The number of Topliss-reactive ketones (excluding diaryl/α,β-unsaturated/α-hetero) is 1. The van der Waals surface area contributed by atoms with Crippen LogP contribution < -0.4 is 21.5 Å². The standard InChI is InChI=1S/C18H13BrFN2O.BrH/c19-15-5-1-14(2-6-15)18(23)11-22-10-9-17(21-12-22)13-3-7-16(20)8-4-13;/h1-10,12H,11H2;1H/q+1;/p-1. The minimum atomic E-state index is -0.278. The van der Waals surface area contributed by atoms with Gasteiger partial charge in [-0.3, -0.25) is 4.79 Å². The van der Waals surface area contributed by atoms with E-state index < -0.39 is 0 Å². The molecule has 2 aromatic carbocycles. The van der Waals surface area contributed by atoms with Gasteiger partial charge >= 0.3 is 0 Å². The molecule has 1 heterocycles. The Hall–Kier alpha value is -1.92. The van der Waals surface area contributed by atoms with Crippen molar-refractivity contribution in [3.8, 4) is 11.3 Å². The van der Waals surface area contributed by atoms with Crippen molar-refractivity contribution >= 4 is 21.7 Å². The molecule has 0 atom stereocenters. The van der Waals surface area contributed by atoms with E-state index in [2.05, 4.69) is 20.9 Å². The highest BCUT2D eigenvalue weighted by Crippen LogP contribution is 2.15. The van der Waals surface area contributed by atoms with Gasteiger partial charge in [0.25, 0.3) is 6.33 Å². The largest absolute Gasteiger partial charge is 1.00 e. The van der Waals surface area contributed by atoms with Gasteiger partial charge in [-0.1, -0.05) is 28.1 Å². The van der Waals surface area contributed by atoms with Crippen LogP contribution in [0.25, 0.3) is 11.3 Å². The van der Waals surface area contributed by atoms with Crippen molar-refractivity contribution in [2.45, 2.75) is 6.54 Å². The van der Waals surface area contributed by atoms with Gasteiger partial charge in [0.2, 0.25) is 5.78 Å². The van der Waals surface area contributed by atoms with Gasteiger partial charge in [-0.2, -0.15) is 0 Å². The topological polar surface area (TPSA) is 33.8 Å². The van der Waals surface area contributed by atoms with Crippen LogP contribution >= 0.6 is 15.9 Å². The summed E-state index contributed by atoms with van der Waals surface area (Å²) in [5, 5.41) is 0. The van der Waals surface area contributed by atoms with Crippen LogP contribution in [0.5, 0.6) is 0 Å². The van der Waals surface area contributed by atoms with Gasteiger partial charge in [0.05, 0.1) is 6.20 Å². The molecule has 0 unspecified atom stereocenters. The number of halogens is 3. The zero-order chi connectivity index (χ0) is 16.2. The van der Waals surface area contributed by atoms with Gasteiger partial charge in [-0.15, -0.1) is 0 Å². The van der Waals surface area contributed by atoms with Gasteiger partial charge in [0.1, 0.15) is 5.82 Å². The molecule has 0 saturated carbocycles. The van der Waals surface area contributed by atoms with Gasteiger partial charge < -0.3 is 17.0 Å². The van der Waals surface area contributed by atoms with Crippen LogP contribution in [0.3, 0.4) is 0 Å². The first-order chi connectivity index (χ1) is 11.1. The highest BCUT2D eigenvalue weighted by atomic mass is 79.9. The summed E-state index contributed by atoms with van der Waals surface area (Å²) < 4.78 is 15.6. The normalized spacial score (nSPS) is 10.1. The van der Waals surface area contributed by atoms with Crippen molar-refractivity contribution in [2.24, 2.45) is 0 Å². The fourth-order valence-corrected chi connectivity index (χ4v) is 2.43. The molecule has 0 aliphatic rings. The summed E-state index contributed by atoms with van der Waals surface area (Å²) in [6, 6.07) is 15.2. The molecule has 0 radical (unpaired) electrons. The number of hydrogen-bond acceptors (Lipinski definition) is 2. The Morgan fingerprint density at radius 3 is 2.29 bits per heavy atom. The number of rotatable bonds is 4. The Morgan fingerprint density at radius 1 is 1.04 bits per heavy atom. The molecule has 24 heavy (non-hydrogen) atoms. The SMILES string of the molecule is O=C(C[n+]1ccc(-c2ccc(F)cc2)nc1)c1ccc(Br)cc1.[Br-]. The number of carbonyl (C=O) groups is 1. The first kappa shape index (κ1) is 18.4. The van der Waals surface area contributed by atoms with Crippen LogP contribution in [-0.2, 0) is 6.54 Å². The third kappa shape index (κ3) is 4.55. The van der Waals surface area contributed by atoms with E-state index in [-0.39, 0.29) is 35.1 Å². The van der Waals surface area contributed by atoms with Crippen molar-refractivity contribution < 1.29 is 30.7 Å². The van der Waals surface area contributed by atoms with Gasteiger partial charge in [-0.05, 0) is 41.4 Å². The van der Waals surface area contributed by atoms with E-state index >= 15 is 0 Å². The van der Waals surface area contributed by atoms with E-state index in [1.807, 2.05) is 18.2 Å². The van der Waals surface area contributed by atoms with Crippen LogP contribution in [0, 0.1) is 5.82 Å². The van der Waals surface area contributed by atoms with Crippen LogP contribution in [0.2, 0.25) is 0 Å². The molecule has 0 N–H and O–H groups in total. The van der Waals surface area contributed by atoms with Crippen molar-refractivity contribution in [2.75, 3.05) is 0 Å². The lowest BCUT2D eigenvalue weighted by Crippen LogP contribution is -3.00. The van der Waals surface area contributed by atoms with E-state index in [1.165, 1.54) is 12.1 Å².